The summed E-state index contributed by atoms with van der Waals surface area (Å²) in [7, 11) is 0. The van der Waals surface area contributed by atoms with Gasteiger partial charge >= 0.3 is 6.03 Å². The summed E-state index contributed by atoms with van der Waals surface area (Å²) in [6.45, 7) is 5.19. The van der Waals surface area contributed by atoms with Gasteiger partial charge in [-0.25, -0.2) is 9.18 Å². The number of likely N-dealkylation sites (tertiary alicyclic amines) is 1. The van der Waals surface area contributed by atoms with Gasteiger partial charge in [-0.3, -0.25) is 0 Å². The van der Waals surface area contributed by atoms with Crippen LogP contribution in [0.3, 0.4) is 0 Å². The van der Waals surface area contributed by atoms with Crippen molar-refractivity contribution >= 4 is 6.03 Å². The zero-order valence-electron chi connectivity index (χ0n) is 13.2. The number of amides is 2. The van der Waals surface area contributed by atoms with Crippen LogP contribution >= 0.6 is 0 Å². The quantitative estimate of drug-likeness (QED) is 0.818. The van der Waals surface area contributed by atoms with Gasteiger partial charge in [0, 0.05) is 19.6 Å². The molecule has 0 saturated carbocycles. The lowest BCUT2D eigenvalue weighted by Gasteiger charge is -2.30. The van der Waals surface area contributed by atoms with E-state index in [0.29, 0.717) is 18.9 Å². The first-order valence-corrected chi connectivity index (χ1v) is 8.06. The second-order valence-corrected chi connectivity index (χ2v) is 5.91. The van der Waals surface area contributed by atoms with Crippen molar-refractivity contribution in [3.8, 4) is 5.75 Å². The number of hydrogen-bond acceptors (Lipinski definition) is 2. The first-order valence-electron chi connectivity index (χ1n) is 8.06. The molecule has 2 amide bonds. The lowest BCUT2D eigenvalue weighted by molar-refractivity contribution is 0.173. The van der Waals surface area contributed by atoms with Crippen molar-refractivity contribution in [2.75, 3.05) is 26.2 Å². The summed E-state index contributed by atoms with van der Waals surface area (Å²) in [5, 5.41) is 2.96. The Bertz CT molecular complexity index is 456. The molecule has 0 atom stereocenters. The maximum Gasteiger partial charge on any atom is 0.317 e. The zero-order valence-corrected chi connectivity index (χ0v) is 13.2. The fourth-order valence-electron chi connectivity index (χ4n) is 2.47. The van der Waals surface area contributed by atoms with Crippen LogP contribution in [0.25, 0.3) is 0 Å². The van der Waals surface area contributed by atoms with Crippen molar-refractivity contribution < 1.29 is 13.9 Å². The van der Waals surface area contributed by atoms with Gasteiger partial charge in [0.25, 0.3) is 0 Å². The number of hydrogen-bond donors (Lipinski definition) is 1. The van der Waals surface area contributed by atoms with E-state index in [2.05, 4.69) is 12.2 Å². The van der Waals surface area contributed by atoms with E-state index in [1.807, 2.05) is 4.90 Å². The van der Waals surface area contributed by atoms with E-state index in [-0.39, 0.29) is 11.8 Å². The predicted molar refractivity (Wildman–Crippen MR) is 84.5 cm³/mol. The minimum Gasteiger partial charge on any atom is -0.494 e. The molecule has 2 rings (SSSR count). The van der Waals surface area contributed by atoms with Crippen molar-refractivity contribution in [1.82, 2.24) is 10.2 Å². The highest BCUT2D eigenvalue weighted by Crippen LogP contribution is 2.15. The number of nitrogens with zero attached hydrogens (tertiary/aromatic N) is 1. The van der Waals surface area contributed by atoms with Gasteiger partial charge in [0.2, 0.25) is 0 Å². The SMILES string of the molecule is CC1CCN(C(=O)NCCCCOc2ccc(F)cc2)CC1. The topological polar surface area (TPSA) is 41.6 Å². The highest BCUT2D eigenvalue weighted by atomic mass is 19.1. The van der Waals surface area contributed by atoms with E-state index < -0.39 is 0 Å². The smallest absolute Gasteiger partial charge is 0.317 e. The van der Waals surface area contributed by atoms with Crippen LogP contribution < -0.4 is 10.1 Å². The molecular formula is C17H25FN2O2. The molecule has 1 N–H and O–H groups in total. The number of nitrogens with one attached hydrogen (secondary N) is 1. The van der Waals surface area contributed by atoms with Gasteiger partial charge in [-0.05, 0) is 55.9 Å². The van der Waals surface area contributed by atoms with E-state index in [4.69, 9.17) is 4.74 Å². The molecule has 22 heavy (non-hydrogen) atoms. The molecule has 0 unspecified atom stereocenters. The fraction of sp³-hybridized carbons (Fsp3) is 0.588. The molecular weight excluding hydrogens is 283 g/mol. The molecule has 0 aliphatic carbocycles. The van der Waals surface area contributed by atoms with Gasteiger partial charge in [0.05, 0.1) is 6.61 Å². The Morgan fingerprint density at radius 3 is 2.64 bits per heavy atom. The zero-order chi connectivity index (χ0) is 15.8. The van der Waals surface area contributed by atoms with Crippen molar-refractivity contribution in [2.45, 2.75) is 32.6 Å². The number of urea groups is 1. The second kappa shape index (κ2) is 8.61. The number of benzene rings is 1. The predicted octanol–water partition coefficient (Wildman–Crippen LogP) is 3.43. The monoisotopic (exact) mass is 308 g/mol. The van der Waals surface area contributed by atoms with Crippen molar-refractivity contribution in [1.29, 1.82) is 0 Å². The van der Waals surface area contributed by atoms with Gasteiger partial charge in [0.15, 0.2) is 0 Å². The molecule has 4 nitrogen and oxygen atoms in total. The summed E-state index contributed by atoms with van der Waals surface area (Å²) < 4.78 is 18.2. The Morgan fingerprint density at radius 1 is 1.27 bits per heavy atom. The molecule has 1 heterocycles. The first-order chi connectivity index (χ1) is 10.6. The number of carbonyl (C=O) groups is 1. The lowest BCUT2D eigenvalue weighted by Crippen LogP contribution is -2.44. The fourth-order valence-corrected chi connectivity index (χ4v) is 2.47. The maximum absolute atomic E-state index is 12.7. The molecule has 0 bridgehead atoms. The average molecular weight is 308 g/mol. The van der Waals surface area contributed by atoms with Crippen molar-refractivity contribution in [2.24, 2.45) is 5.92 Å². The number of halogens is 1. The summed E-state index contributed by atoms with van der Waals surface area (Å²) in [6.07, 6.45) is 3.92. The molecule has 1 aliphatic rings. The lowest BCUT2D eigenvalue weighted by atomic mass is 10.00. The third-order valence-corrected chi connectivity index (χ3v) is 4.00. The van der Waals surface area contributed by atoms with Crippen LogP contribution in [0.2, 0.25) is 0 Å². The summed E-state index contributed by atoms with van der Waals surface area (Å²) in [5.74, 6) is 1.14. The highest BCUT2D eigenvalue weighted by molar-refractivity contribution is 5.74. The number of carbonyl (C=O) groups excluding carboxylic acids is 1. The van der Waals surface area contributed by atoms with E-state index in [1.165, 1.54) is 12.1 Å². The molecule has 1 aromatic rings. The molecule has 1 aromatic carbocycles. The van der Waals surface area contributed by atoms with Gasteiger partial charge in [-0.2, -0.15) is 0 Å². The number of rotatable bonds is 6. The Balaban J connectivity index is 1.52. The summed E-state index contributed by atoms with van der Waals surface area (Å²) in [6, 6.07) is 6.05. The Hall–Kier alpha value is -1.78. The minimum atomic E-state index is -0.262. The van der Waals surface area contributed by atoms with Crippen LogP contribution in [0, 0.1) is 11.7 Å². The molecule has 0 aromatic heterocycles. The standard InChI is InChI=1S/C17H25FN2O2/c1-14-8-11-20(12-9-14)17(21)19-10-2-3-13-22-16-6-4-15(18)5-7-16/h4-7,14H,2-3,8-13H2,1H3,(H,19,21). The average Bonchev–Trinajstić information content (AvgIpc) is 2.53. The summed E-state index contributed by atoms with van der Waals surface area (Å²) in [5.41, 5.74) is 0. The van der Waals surface area contributed by atoms with E-state index in [1.54, 1.807) is 12.1 Å². The molecule has 1 fully saturated rings. The molecule has 0 spiro atoms. The van der Waals surface area contributed by atoms with Gasteiger partial charge < -0.3 is 15.0 Å². The van der Waals surface area contributed by atoms with Crippen molar-refractivity contribution in [3.63, 3.8) is 0 Å². The molecule has 0 radical (unpaired) electrons. The van der Waals surface area contributed by atoms with E-state index in [9.17, 15) is 9.18 Å². The van der Waals surface area contributed by atoms with Gasteiger partial charge in [0.1, 0.15) is 11.6 Å². The molecule has 5 heteroatoms. The number of ether oxygens (including phenoxy) is 1. The molecule has 122 valence electrons. The second-order valence-electron chi connectivity index (χ2n) is 5.91. The summed E-state index contributed by atoms with van der Waals surface area (Å²) in [4.78, 5) is 13.8. The highest BCUT2D eigenvalue weighted by Gasteiger charge is 2.19. The van der Waals surface area contributed by atoms with E-state index >= 15 is 0 Å². The first kappa shape index (κ1) is 16.6. The Kier molecular flexibility index (Phi) is 6.49. The number of unbranched alkanes of at least 4 members (excludes halogenated alkanes) is 1. The third kappa shape index (κ3) is 5.54. The largest absolute Gasteiger partial charge is 0.494 e. The van der Waals surface area contributed by atoms with Crippen LogP contribution in [-0.2, 0) is 0 Å². The maximum atomic E-state index is 12.7. The third-order valence-electron chi connectivity index (χ3n) is 4.00. The summed E-state index contributed by atoms with van der Waals surface area (Å²) >= 11 is 0. The van der Waals surface area contributed by atoms with E-state index in [0.717, 1.165) is 44.7 Å². The van der Waals surface area contributed by atoms with Crippen LogP contribution in [0.4, 0.5) is 9.18 Å². The minimum absolute atomic E-state index is 0.0475. The normalized spacial score (nSPS) is 15.6. The Morgan fingerprint density at radius 2 is 1.95 bits per heavy atom. The van der Waals surface area contributed by atoms with Crippen molar-refractivity contribution in [3.05, 3.63) is 30.1 Å². The molecule has 1 saturated heterocycles. The Labute approximate surface area is 131 Å². The number of piperidine rings is 1. The van der Waals surface area contributed by atoms with Crippen LogP contribution in [0.5, 0.6) is 5.75 Å². The molecule has 1 aliphatic heterocycles. The van der Waals surface area contributed by atoms with Crippen LogP contribution in [0.15, 0.2) is 24.3 Å². The van der Waals surface area contributed by atoms with Crippen LogP contribution in [-0.4, -0.2) is 37.2 Å². The van der Waals surface area contributed by atoms with Crippen LogP contribution in [0.1, 0.15) is 32.6 Å². The van der Waals surface area contributed by atoms with Gasteiger partial charge in [-0.15, -0.1) is 0 Å². The van der Waals surface area contributed by atoms with Gasteiger partial charge in [-0.1, -0.05) is 6.92 Å².